The fourth-order valence-corrected chi connectivity index (χ4v) is 5.49. The highest BCUT2D eigenvalue weighted by Crippen LogP contribution is 2.19. The summed E-state index contributed by atoms with van der Waals surface area (Å²) in [5.41, 5.74) is 1.14. The highest BCUT2D eigenvalue weighted by atomic mass is 32.2. The van der Waals surface area contributed by atoms with Gasteiger partial charge in [0.05, 0.1) is 17.0 Å². The lowest BCUT2D eigenvalue weighted by atomic mass is 10.2. The van der Waals surface area contributed by atoms with Gasteiger partial charge in [0.1, 0.15) is 0 Å². The number of benzene rings is 1. The van der Waals surface area contributed by atoms with Gasteiger partial charge in [0.2, 0.25) is 0 Å². The van der Waals surface area contributed by atoms with E-state index in [1.807, 2.05) is 0 Å². The van der Waals surface area contributed by atoms with Crippen LogP contribution in [0.3, 0.4) is 0 Å². The molecule has 1 aromatic heterocycles. The zero-order chi connectivity index (χ0) is 21.9. The molecule has 1 fully saturated rings. The Balaban J connectivity index is 1.52. The first-order valence-electron chi connectivity index (χ1n) is 10.0. The molecule has 2 unspecified atom stereocenters. The van der Waals surface area contributed by atoms with Crippen molar-refractivity contribution in [3.05, 3.63) is 34.8 Å². The van der Waals surface area contributed by atoms with Gasteiger partial charge in [-0.1, -0.05) is 12.1 Å². The van der Waals surface area contributed by atoms with E-state index < -0.39 is 33.6 Å². The summed E-state index contributed by atoms with van der Waals surface area (Å²) in [6.45, 7) is 3.89. The molecule has 0 saturated carbocycles. The average molecular weight is 439 g/mol. The zero-order valence-electron chi connectivity index (χ0n) is 17.1. The molecule has 0 aliphatic carbocycles. The van der Waals surface area contributed by atoms with Crippen LogP contribution in [0.15, 0.2) is 33.5 Å². The second-order valence-corrected chi connectivity index (χ2v) is 9.63. The molecule has 30 heavy (non-hydrogen) atoms. The number of rotatable bonds is 8. The lowest BCUT2D eigenvalue weighted by Crippen LogP contribution is -2.46. The number of likely N-dealkylation sites (N-methyl/N-ethyl adjacent to an activating group) is 1. The minimum absolute atomic E-state index is 0.0352. The monoisotopic (exact) mass is 438 g/mol. The van der Waals surface area contributed by atoms with Gasteiger partial charge in [0, 0.05) is 25.6 Å². The largest absolute Gasteiger partial charge is 0.453 e. The van der Waals surface area contributed by atoms with Crippen molar-refractivity contribution in [3.63, 3.8) is 0 Å². The number of aryl methyl sites for hydroxylation is 1. The number of fused-ring (bicyclic) bond motifs is 1. The Morgan fingerprint density at radius 3 is 2.73 bits per heavy atom. The summed E-state index contributed by atoms with van der Waals surface area (Å²) in [5.74, 6) is -1.42. The van der Waals surface area contributed by atoms with Crippen LogP contribution in [-0.4, -0.2) is 60.0 Å². The molecule has 1 amide bonds. The van der Waals surface area contributed by atoms with E-state index in [-0.39, 0.29) is 30.5 Å². The van der Waals surface area contributed by atoms with Crippen LogP contribution in [0.5, 0.6) is 0 Å². The van der Waals surface area contributed by atoms with Gasteiger partial charge in [-0.15, -0.1) is 0 Å². The van der Waals surface area contributed by atoms with Crippen molar-refractivity contribution >= 4 is 32.8 Å². The van der Waals surface area contributed by atoms with Crippen molar-refractivity contribution < 1.29 is 27.2 Å². The normalized spacial score (nSPS) is 18.9. The second kappa shape index (κ2) is 9.03. The van der Waals surface area contributed by atoms with E-state index in [1.165, 1.54) is 16.4 Å². The zero-order valence-corrected chi connectivity index (χ0v) is 17.9. The molecule has 0 radical (unpaired) electrons. The topological polar surface area (TPSA) is 116 Å². The third kappa shape index (κ3) is 4.92. The number of ether oxygens (including phenoxy) is 1. The van der Waals surface area contributed by atoms with Gasteiger partial charge in [-0.3, -0.25) is 14.2 Å². The molecule has 2 heterocycles. The van der Waals surface area contributed by atoms with Gasteiger partial charge in [0.15, 0.2) is 21.5 Å². The molecular weight excluding hydrogens is 412 g/mol. The third-order valence-electron chi connectivity index (χ3n) is 5.27. The quantitative estimate of drug-likeness (QED) is 0.571. The first-order valence-corrected chi connectivity index (χ1v) is 11.8. The standard InChI is InChI=1S/C20H26N2O7S/c1-3-21(15-10-12-30(26,27)13-15)19(24)14(2)28-18(23)9-6-11-22-16-7-4-5-8-17(16)29-20(22)25/h4-5,7-8,14-15H,3,6,9-13H2,1-2H3. The molecule has 1 aromatic carbocycles. The van der Waals surface area contributed by atoms with E-state index >= 15 is 0 Å². The van der Waals surface area contributed by atoms with Crippen LogP contribution in [0.25, 0.3) is 11.1 Å². The van der Waals surface area contributed by atoms with Crippen LogP contribution < -0.4 is 5.76 Å². The molecule has 2 aromatic rings. The van der Waals surface area contributed by atoms with Crippen LogP contribution in [-0.2, 0) is 30.7 Å². The maximum atomic E-state index is 12.7. The molecule has 9 nitrogen and oxygen atoms in total. The van der Waals surface area contributed by atoms with Crippen LogP contribution in [0.4, 0.5) is 0 Å². The second-order valence-electron chi connectivity index (χ2n) is 7.40. The van der Waals surface area contributed by atoms with Gasteiger partial charge >= 0.3 is 11.7 Å². The number of oxazole rings is 1. The number of hydrogen-bond acceptors (Lipinski definition) is 7. The van der Waals surface area contributed by atoms with Gasteiger partial charge < -0.3 is 14.1 Å². The lowest BCUT2D eigenvalue weighted by Gasteiger charge is -2.29. The number of hydrogen-bond donors (Lipinski definition) is 0. The summed E-state index contributed by atoms with van der Waals surface area (Å²) in [6.07, 6.45) is -0.219. The molecule has 0 bridgehead atoms. The fraction of sp³-hybridized carbons (Fsp3) is 0.550. The maximum Gasteiger partial charge on any atom is 0.419 e. The van der Waals surface area contributed by atoms with Crippen LogP contribution in [0.1, 0.15) is 33.1 Å². The van der Waals surface area contributed by atoms with Gasteiger partial charge in [-0.05, 0) is 38.8 Å². The molecule has 10 heteroatoms. The molecular formula is C20H26N2O7S. The van der Waals surface area contributed by atoms with E-state index in [9.17, 15) is 22.8 Å². The number of esters is 1. The predicted octanol–water partition coefficient (Wildman–Crippen LogP) is 1.34. The Morgan fingerprint density at radius 1 is 1.33 bits per heavy atom. The molecule has 0 N–H and O–H groups in total. The van der Waals surface area contributed by atoms with Crippen molar-refractivity contribution in [1.29, 1.82) is 0 Å². The molecule has 1 aliphatic heterocycles. The average Bonchev–Trinajstić information content (AvgIpc) is 3.21. The number of carbonyl (C=O) groups is 2. The molecule has 2 atom stereocenters. The highest BCUT2D eigenvalue weighted by molar-refractivity contribution is 7.91. The Labute approximate surface area is 174 Å². The fourth-order valence-electron chi connectivity index (χ4n) is 3.76. The van der Waals surface area contributed by atoms with E-state index in [1.54, 1.807) is 31.2 Å². The number of para-hydroxylation sites is 2. The SMILES string of the molecule is CCN(C(=O)C(C)OC(=O)CCCn1c(=O)oc2ccccc21)C1CCS(=O)(=O)C1. The Bertz CT molecular complexity index is 1090. The Hall–Kier alpha value is -2.62. The maximum absolute atomic E-state index is 12.7. The molecule has 1 aliphatic rings. The summed E-state index contributed by atoms with van der Waals surface area (Å²) < 4.78 is 35.3. The first kappa shape index (κ1) is 22.1. The Morgan fingerprint density at radius 2 is 2.07 bits per heavy atom. The number of nitrogens with zero attached hydrogens (tertiary/aromatic N) is 2. The molecule has 164 valence electrons. The van der Waals surface area contributed by atoms with Gasteiger partial charge in [-0.2, -0.15) is 0 Å². The minimum atomic E-state index is -3.12. The summed E-state index contributed by atoms with van der Waals surface area (Å²) >= 11 is 0. The van der Waals surface area contributed by atoms with E-state index in [0.717, 1.165) is 0 Å². The van der Waals surface area contributed by atoms with Gasteiger partial charge in [-0.25, -0.2) is 13.2 Å². The van der Waals surface area contributed by atoms with Crippen molar-refractivity contribution in [1.82, 2.24) is 9.47 Å². The van der Waals surface area contributed by atoms with Gasteiger partial charge in [0.25, 0.3) is 5.91 Å². The molecule has 0 spiro atoms. The predicted molar refractivity (Wildman–Crippen MR) is 110 cm³/mol. The van der Waals surface area contributed by atoms with Crippen LogP contribution in [0, 0.1) is 0 Å². The third-order valence-corrected chi connectivity index (χ3v) is 7.02. The molecule has 3 rings (SSSR count). The lowest BCUT2D eigenvalue weighted by molar-refractivity contribution is -0.160. The summed E-state index contributed by atoms with van der Waals surface area (Å²) in [5, 5.41) is 0. The molecule has 1 saturated heterocycles. The van der Waals surface area contributed by atoms with Crippen LogP contribution in [0.2, 0.25) is 0 Å². The summed E-state index contributed by atoms with van der Waals surface area (Å²) in [4.78, 5) is 38.2. The van der Waals surface area contributed by atoms with Crippen molar-refractivity contribution in [2.45, 2.75) is 51.8 Å². The van der Waals surface area contributed by atoms with Crippen molar-refractivity contribution in [2.75, 3.05) is 18.1 Å². The van der Waals surface area contributed by atoms with Crippen LogP contribution >= 0.6 is 0 Å². The number of amides is 1. The number of carbonyl (C=O) groups excluding carboxylic acids is 2. The highest BCUT2D eigenvalue weighted by Gasteiger charge is 2.36. The van der Waals surface area contributed by atoms with Crippen molar-refractivity contribution in [2.24, 2.45) is 0 Å². The number of sulfone groups is 1. The summed E-state index contributed by atoms with van der Waals surface area (Å²) in [6, 6.07) is 6.65. The first-order chi connectivity index (χ1) is 14.2. The summed E-state index contributed by atoms with van der Waals surface area (Å²) in [7, 11) is -3.12. The smallest absolute Gasteiger partial charge is 0.419 e. The van der Waals surface area contributed by atoms with E-state index in [4.69, 9.17) is 9.15 Å². The van der Waals surface area contributed by atoms with Crippen molar-refractivity contribution in [3.8, 4) is 0 Å². The minimum Gasteiger partial charge on any atom is -0.453 e. The Kier molecular flexibility index (Phi) is 6.64. The van der Waals surface area contributed by atoms with E-state index in [2.05, 4.69) is 0 Å². The van der Waals surface area contributed by atoms with E-state index in [0.29, 0.717) is 30.5 Å². The number of aromatic nitrogens is 1.